The van der Waals surface area contributed by atoms with Crippen molar-refractivity contribution in [3.63, 3.8) is 0 Å². The number of anilines is 1. The summed E-state index contributed by atoms with van der Waals surface area (Å²) >= 11 is 11.9. The molecule has 0 unspecified atom stereocenters. The largest absolute Gasteiger partial charge is 0.486 e. The van der Waals surface area contributed by atoms with Crippen molar-refractivity contribution < 1.29 is 14.3 Å². The fraction of sp³-hybridized carbons (Fsp3) is 0.200. The standard InChI is InChI=1S/C20H17Cl2N3O3/c1-27-20(26)15-5-4-6-16(19(15)24-7-2-3-8-24)25-11-14(12-25)28-13-9-17(21)23-18(22)10-13/h2-10,14H,11-12H2,1H3. The monoisotopic (exact) mass is 417 g/mol. The van der Waals surface area contributed by atoms with Crippen LogP contribution in [0.5, 0.6) is 5.75 Å². The first-order valence-electron chi connectivity index (χ1n) is 8.64. The number of esters is 1. The smallest absolute Gasteiger partial charge is 0.340 e. The number of hydrogen-bond donors (Lipinski definition) is 0. The fourth-order valence-electron chi connectivity index (χ4n) is 3.23. The van der Waals surface area contributed by atoms with E-state index in [1.807, 2.05) is 41.2 Å². The summed E-state index contributed by atoms with van der Waals surface area (Å²) in [5, 5.41) is 0.582. The Bertz CT molecular complexity index is 982. The van der Waals surface area contributed by atoms with Crippen LogP contribution in [-0.4, -0.2) is 41.8 Å². The molecule has 1 saturated heterocycles. The lowest BCUT2D eigenvalue weighted by molar-refractivity contribution is 0.0601. The predicted octanol–water partition coefficient (Wildman–Crippen LogP) is 4.23. The topological polar surface area (TPSA) is 56.6 Å². The van der Waals surface area contributed by atoms with Gasteiger partial charge in [0.1, 0.15) is 22.2 Å². The number of halogens is 2. The van der Waals surface area contributed by atoms with Crippen LogP contribution in [0.2, 0.25) is 10.3 Å². The van der Waals surface area contributed by atoms with Crippen LogP contribution in [0, 0.1) is 0 Å². The summed E-state index contributed by atoms with van der Waals surface area (Å²) in [5.74, 6) is 0.212. The van der Waals surface area contributed by atoms with Crippen LogP contribution in [0.3, 0.4) is 0 Å². The fourth-order valence-corrected chi connectivity index (χ4v) is 3.67. The maximum Gasteiger partial charge on any atom is 0.340 e. The molecule has 8 heteroatoms. The zero-order chi connectivity index (χ0) is 19.7. The van der Waals surface area contributed by atoms with Gasteiger partial charge in [-0.1, -0.05) is 29.3 Å². The number of nitrogens with zero attached hydrogens (tertiary/aromatic N) is 3. The van der Waals surface area contributed by atoms with E-state index < -0.39 is 0 Å². The van der Waals surface area contributed by atoms with Crippen molar-refractivity contribution in [2.24, 2.45) is 0 Å². The van der Waals surface area contributed by atoms with Crippen LogP contribution >= 0.6 is 23.2 Å². The number of ether oxygens (including phenoxy) is 2. The van der Waals surface area contributed by atoms with Gasteiger partial charge >= 0.3 is 5.97 Å². The molecule has 0 N–H and O–H groups in total. The first-order chi connectivity index (χ1) is 13.5. The minimum atomic E-state index is -0.375. The molecule has 2 aromatic heterocycles. The number of methoxy groups -OCH3 is 1. The summed E-state index contributed by atoms with van der Waals surface area (Å²) in [4.78, 5) is 18.3. The zero-order valence-electron chi connectivity index (χ0n) is 15.0. The van der Waals surface area contributed by atoms with Crippen LogP contribution in [0.4, 0.5) is 5.69 Å². The number of carbonyl (C=O) groups is 1. The quantitative estimate of drug-likeness (QED) is 0.459. The van der Waals surface area contributed by atoms with Crippen molar-refractivity contribution in [3.05, 3.63) is 70.7 Å². The Hall–Kier alpha value is -2.70. The van der Waals surface area contributed by atoms with Crippen molar-refractivity contribution >= 4 is 34.9 Å². The highest BCUT2D eigenvalue weighted by molar-refractivity contribution is 6.32. The number of aromatic nitrogens is 2. The molecule has 0 amide bonds. The second-order valence-electron chi connectivity index (χ2n) is 6.35. The van der Waals surface area contributed by atoms with Crippen LogP contribution in [0.25, 0.3) is 5.69 Å². The third-order valence-corrected chi connectivity index (χ3v) is 4.90. The first-order valence-corrected chi connectivity index (χ1v) is 9.40. The maximum absolute atomic E-state index is 12.3. The van der Waals surface area contributed by atoms with Gasteiger partial charge in [-0.15, -0.1) is 0 Å². The molecular weight excluding hydrogens is 401 g/mol. The summed E-state index contributed by atoms with van der Waals surface area (Å²) in [7, 11) is 1.38. The lowest BCUT2D eigenvalue weighted by Crippen LogP contribution is -2.54. The highest BCUT2D eigenvalue weighted by atomic mass is 35.5. The molecule has 3 aromatic rings. The summed E-state index contributed by atoms with van der Waals surface area (Å²) in [6.45, 7) is 1.33. The number of benzene rings is 1. The Balaban J connectivity index is 1.57. The Labute approximate surface area is 172 Å². The van der Waals surface area contributed by atoms with Gasteiger partial charge in [0.15, 0.2) is 0 Å². The molecule has 0 spiro atoms. The number of carbonyl (C=O) groups excluding carboxylic acids is 1. The molecule has 0 saturated carbocycles. The van der Waals surface area contributed by atoms with Crippen molar-refractivity contribution in [2.75, 3.05) is 25.1 Å². The normalized spacial score (nSPS) is 13.9. The molecule has 1 aliphatic rings. The van der Waals surface area contributed by atoms with Gasteiger partial charge in [0.2, 0.25) is 0 Å². The van der Waals surface area contributed by atoms with Gasteiger partial charge in [-0.2, -0.15) is 0 Å². The summed E-state index contributed by atoms with van der Waals surface area (Å²) in [6, 6.07) is 12.7. The van der Waals surface area contributed by atoms with Gasteiger partial charge < -0.3 is 18.9 Å². The highest BCUT2D eigenvalue weighted by Crippen LogP contribution is 2.33. The van der Waals surface area contributed by atoms with E-state index >= 15 is 0 Å². The van der Waals surface area contributed by atoms with Gasteiger partial charge in [-0.25, -0.2) is 9.78 Å². The molecule has 0 radical (unpaired) electrons. The van der Waals surface area contributed by atoms with Crippen LogP contribution in [0.15, 0.2) is 54.9 Å². The molecule has 0 aliphatic carbocycles. The lowest BCUT2D eigenvalue weighted by atomic mass is 10.1. The minimum Gasteiger partial charge on any atom is -0.486 e. The third-order valence-electron chi connectivity index (χ3n) is 4.51. The van der Waals surface area contributed by atoms with Gasteiger partial charge in [0.25, 0.3) is 0 Å². The van der Waals surface area contributed by atoms with Crippen LogP contribution < -0.4 is 9.64 Å². The minimum absolute atomic E-state index is 0.0196. The van der Waals surface area contributed by atoms with Gasteiger partial charge in [0, 0.05) is 24.5 Å². The van der Waals surface area contributed by atoms with Crippen molar-refractivity contribution in [2.45, 2.75) is 6.10 Å². The Morgan fingerprint density at radius 3 is 2.43 bits per heavy atom. The van der Waals surface area contributed by atoms with Crippen molar-refractivity contribution in [1.29, 1.82) is 0 Å². The van der Waals surface area contributed by atoms with E-state index in [1.165, 1.54) is 7.11 Å². The molecule has 1 aromatic carbocycles. The average Bonchev–Trinajstić information content (AvgIpc) is 3.16. The van der Waals surface area contributed by atoms with E-state index in [-0.39, 0.29) is 12.1 Å². The lowest BCUT2D eigenvalue weighted by Gasteiger charge is -2.41. The molecular formula is C20H17Cl2N3O3. The van der Waals surface area contributed by atoms with Crippen LogP contribution in [0.1, 0.15) is 10.4 Å². The average molecular weight is 418 g/mol. The van der Waals surface area contributed by atoms with Gasteiger partial charge in [0.05, 0.1) is 37.1 Å². The molecule has 0 bridgehead atoms. The highest BCUT2D eigenvalue weighted by Gasteiger charge is 2.32. The number of pyridine rings is 1. The van der Waals surface area contributed by atoms with E-state index in [1.54, 1.807) is 18.2 Å². The maximum atomic E-state index is 12.3. The van der Waals surface area contributed by atoms with E-state index in [9.17, 15) is 4.79 Å². The molecule has 6 nitrogen and oxygen atoms in total. The van der Waals surface area contributed by atoms with Gasteiger partial charge in [-0.05, 0) is 24.3 Å². The van der Waals surface area contributed by atoms with Gasteiger partial charge in [-0.3, -0.25) is 0 Å². The van der Waals surface area contributed by atoms with E-state index in [4.69, 9.17) is 32.7 Å². The molecule has 1 fully saturated rings. The third kappa shape index (κ3) is 3.66. The molecule has 28 heavy (non-hydrogen) atoms. The van der Waals surface area contributed by atoms with E-state index in [0.29, 0.717) is 34.7 Å². The Morgan fingerprint density at radius 2 is 1.79 bits per heavy atom. The molecule has 4 rings (SSSR count). The second-order valence-corrected chi connectivity index (χ2v) is 7.12. The molecule has 1 aliphatic heterocycles. The molecule has 3 heterocycles. The summed E-state index contributed by atoms with van der Waals surface area (Å²) in [6.07, 6.45) is 3.79. The van der Waals surface area contributed by atoms with Crippen molar-refractivity contribution in [3.8, 4) is 11.4 Å². The number of hydrogen-bond acceptors (Lipinski definition) is 5. The summed E-state index contributed by atoms with van der Waals surface area (Å²) in [5.41, 5.74) is 2.23. The van der Waals surface area contributed by atoms with E-state index in [0.717, 1.165) is 11.4 Å². The SMILES string of the molecule is COC(=O)c1cccc(N2CC(Oc3cc(Cl)nc(Cl)c3)C2)c1-n1cccc1. The number of para-hydroxylation sites is 1. The Morgan fingerprint density at radius 1 is 1.11 bits per heavy atom. The molecule has 144 valence electrons. The second kappa shape index (κ2) is 7.73. The first kappa shape index (κ1) is 18.7. The molecule has 0 atom stereocenters. The zero-order valence-corrected chi connectivity index (χ0v) is 16.5. The number of rotatable bonds is 5. The van der Waals surface area contributed by atoms with Crippen LogP contribution in [-0.2, 0) is 4.74 Å². The van der Waals surface area contributed by atoms with Crippen molar-refractivity contribution in [1.82, 2.24) is 9.55 Å². The van der Waals surface area contributed by atoms with E-state index in [2.05, 4.69) is 9.88 Å². The summed E-state index contributed by atoms with van der Waals surface area (Å²) < 4.78 is 12.8. The predicted molar refractivity (Wildman–Crippen MR) is 108 cm³/mol. The Kier molecular flexibility index (Phi) is 5.15.